The van der Waals surface area contributed by atoms with Crippen molar-refractivity contribution in [1.29, 1.82) is 0 Å². The van der Waals surface area contributed by atoms with Crippen LogP contribution in [0.5, 0.6) is 11.5 Å². The first-order valence-corrected chi connectivity index (χ1v) is 12.7. The highest BCUT2D eigenvalue weighted by Gasteiger charge is 2.40. The first-order chi connectivity index (χ1) is 16.4. The molecule has 9 heteroatoms. The number of nitrogens with one attached hydrogen (secondary N) is 1. The first-order valence-electron chi connectivity index (χ1n) is 11.1. The highest BCUT2D eigenvalue weighted by molar-refractivity contribution is 9.10. The van der Waals surface area contributed by atoms with Gasteiger partial charge >= 0.3 is 6.03 Å². The van der Waals surface area contributed by atoms with Gasteiger partial charge in [0.05, 0.1) is 6.61 Å². The molecular weight excluding hydrogens is 568 g/mol. The van der Waals surface area contributed by atoms with E-state index >= 15 is 0 Å². The number of rotatable bonds is 7. The Morgan fingerprint density at radius 1 is 1.03 bits per heavy atom. The molecule has 2 aliphatic rings. The number of ether oxygens (including phenoxy) is 2. The standard InChI is InChI=1S/C25H24Br2N2O5/c1-2-33-21-12-16(20(27)13-22(21)34-14-15-7-9-17(26)10-8-15)11-19-23(30)28-25(32)29(24(19)31)18-5-3-4-6-18/h7-13,18H,2-6,14H2,1H3,(H,28,30,32)/b19-11+. The Balaban J connectivity index is 1.62. The van der Waals surface area contributed by atoms with E-state index in [1.165, 1.54) is 11.0 Å². The van der Waals surface area contributed by atoms with E-state index in [2.05, 4.69) is 37.2 Å². The molecule has 1 saturated heterocycles. The van der Waals surface area contributed by atoms with Crippen LogP contribution in [0.3, 0.4) is 0 Å². The molecule has 1 saturated carbocycles. The maximum Gasteiger partial charge on any atom is 0.331 e. The summed E-state index contributed by atoms with van der Waals surface area (Å²) in [6.45, 7) is 2.62. The van der Waals surface area contributed by atoms with Gasteiger partial charge in [-0.3, -0.25) is 19.8 Å². The molecule has 178 valence electrons. The van der Waals surface area contributed by atoms with Crippen molar-refractivity contribution in [3.05, 3.63) is 62.0 Å². The quantitative estimate of drug-likeness (QED) is 0.335. The van der Waals surface area contributed by atoms with E-state index in [-0.39, 0.29) is 11.6 Å². The Labute approximate surface area is 214 Å². The summed E-state index contributed by atoms with van der Waals surface area (Å²) in [6, 6.07) is 10.4. The third-order valence-corrected chi connectivity index (χ3v) is 7.01. The molecule has 0 bridgehead atoms. The molecule has 2 aromatic carbocycles. The minimum atomic E-state index is -0.704. The van der Waals surface area contributed by atoms with E-state index in [4.69, 9.17) is 9.47 Å². The van der Waals surface area contributed by atoms with Crippen LogP contribution in [0.2, 0.25) is 0 Å². The van der Waals surface area contributed by atoms with Gasteiger partial charge in [0.25, 0.3) is 11.8 Å². The van der Waals surface area contributed by atoms with Gasteiger partial charge in [-0.25, -0.2) is 4.79 Å². The van der Waals surface area contributed by atoms with E-state index in [1.54, 1.807) is 12.1 Å². The lowest BCUT2D eigenvalue weighted by molar-refractivity contribution is -0.131. The Bertz CT molecular complexity index is 1140. The van der Waals surface area contributed by atoms with Crippen molar-refractivity contribution in [3.8, 4) is 11.5 Å². The van der Waals surface area contributed by atoms with E-state index in [9.17, 15) is 14.4 Å². The number of imide groups is 2. The molecule has 34 heavy (non-hydrogen) atoms. The summed E-state index contributed by atoms with van der Waals surface area (Å²) >= 11 is 6.94. The summed E-state index contributed by atoms with van der Waals surface area (Å²) in [4.78, 5) is 39.2. The van der Waals surface area contributed by atoms with Crippen LogP contribution >= 0.6 is 31.9 Å². The molecule has 2 fully saturated rings. The van der Waals surface area contributed by atoms with Crippen molar-refractivity contribution in [2.45, 2.75) is 45.3 Å². The lowest BCUT2D eigenvalue weighted by Gasteiger charge is -2.31. The van der Waals surface area contributed by atoms with Crippen LogP contribution in [0.4, 0.5) is 4.79 Å². The predicted molar refractivity (Wildman–Crippen MR) is 134 cm³/mol. The third-order valence-electron chi connectivity index (χ3n) is 5.79. The van der Waals surface area contributed by atoms with Crippen LogP contribution < -0.4 is 14.8 Å². The van der Waals surface area contributed by atoms with Crippen LogP contribution in [-0.4, -0.2) is 35.4 Å². The monoisotopic (exact) mass is 590 g/mol. The second-order valence-electron chi connectivity index (χ2n) is 8.10. The number of hydrogen-bond acceptors (Lipinski definition) is 5. The van der Waals surface area contributed by atoms with Gasteiger partial charge in [0.1, 0.15) is 12.2 Å². The molecule has 4 amide bonds. The van der Waals surface area contributed by atoms with E-state index in [0.717, 1.165) is 35.7 Å². The van der Waals surface area contributed by atoms with Crippen molar-refractivity contribution in [2.24, 2.45) is 0 Å². The van der Waals surface area contributed by atoms with Gasteiger partial charge in [-0.15, -0.1) is 0 Å². The highest BCUT2D eigenvalue weighted by atomic mass is 79.9. The average molecular weight is 592 g/mol. The number of hydrogen-bond donors (Lipinski definition) is 1. The molecule has 1 aliphatic heterocycles. The number of carbonyl (C=O) groups is 3. The van der Waals surface area contributed by atoms with Gasteiger partial charge in [-0.05, 0) is 61.2 Å². The van der Waals surface area contributed by atoms with Crippen molar-refractivity contribution >= 4 is 55.8 Å². The van der Waals surface area contributed by atoms with Crippen molar-refractivity contribution in [3.63, 3.8) is 0 Å². The maximum absolute atomic E-state index is 13.1. The summed E-state index contributed by atoms with van der Waals surface area (Å²) in [5.74, 6) is -0.256. The lowest BCUT2D eigenvalue weighted by Crippen LogP contribution is -2.57. The van der Waals surface area contributed by atoms with Gasteiger partial charge in [-0.2, -0.15) is 0 Å². The molecule has 2 aromatic rings. The molecule has 4 rings (SSSR count). The number of amides is 4. The van der Waals surface area contributed by atoms with Crippen molar-refractivity contribution in [2.75, 3.05) is 6.61 Å². The molecule has 0 radical (unpaired) electrons. The number of barbiturate groups is 1. The number of halogens is 2. The lowest BCUT2D eigenvalue weighted by atomic mass is 10.0. The smallest absolute Gasteiger partial charge is 0.331 e. The zero-order valence-corrected chi connectivity index (χ0v) is 21.8. The largest absolute Gasteiger partial charge is 0.490 e. The summed E-state index contributed by atoms with van der Waals surface area (Å²) in [5, 5.41) is 2.30. The second kappa shape index (κ2) is 10.7. The van der Waals surface area contributed by atoms with Crippen LogP contribution in [-0.2, 0) is 16.2 Å². The number of carbonyl (C=O) groups excluding carboxylic acids is 3. The zero-order chi connectivity index (χ0) is 24.2. The molecule has 1 aliphatic carbocycles. The van der Waals surface area contributed by atoms with Crippen molar-refractivity contribution < 1.29 is 23.9 Å². The first kappa shape index (κ1) is 24.5. The Hall–Kier alpha value is -2.65. The van der Waals surface area contributed by atoms with E-state index in [0.29, 0.717) is 34.7 Å². The molecular formula is C25H24Br2N2O5. The number of benzene rings is 2. The third kappa shape index (κ3) is 5.36. The molecule has 7 nitrogen and oxygen atoms in total. The van der Waals surface area contributed by atoms with Gasteiger partial charge < -0.3 is 9.47 Å². The highest BCUT2D eigenvalue weighted by Crippen LogP contribution is 2.36. The summed E-state index contributed by atoms with van der Waals surface area (Å²) in [7, 11) is 0. The summed E-state index contributed by atoms with van der Waals surface area (Å²) < 4.78 is 13.4. The topological polar surface area (TPSA) is 84.9 Å². The van der Waals surface area contributed by atoms with Gasteiger partial charge in [0, 0.05) is 15.0 Å². The fourth-order valence-corrected chi connectivity index (χ4v) is 4.81. The minimum absolute atomic E-state index is 0.0850. The number of nitrogens with zero attached hydrogens (tertiary/aromatic N) is 1. The minimum Gasteiger partial charge on any atom is -0.490 e. The maximum atomic E-state index is 13.1. The number of urea groups is 1. The van der Waals surface area contributed by atoms with Gasteiger partial charge in [0.2, 0.25) is 0 Å². The Kier molecular flexibility index (Phi) is 7.73. The molecule has 1 N–H and O–H groups in total. The molecule has 0 atom stereocenters. The summed E-state index contributed by atoms with van der Waals surface area (Å²) in [5.41, 5.74) is 1.48. The fourth-order valence-electron chi connectivity index (χ4n) is 4.10. The predicted octanol–water partition coefficient (Wildman–Crippen LogP) is 5.59. The average Bonchev–Trinajstić information content (AvgIpc) is 3.32. The second-order valence-corrected chi connectivity index (χ2v) is 9.87. The van der Waals surface area contributed by atoms with E-state index in [1.807, 2.05) is 31.2 Å². The van der Waals surface area contributed by atoms with Crippen molar-refractivity contribution in [1.82, 2.24) is 10.2 Å². The molecule has 0 aromatic heterocycles. The van der Waals surface area contributed by atoms with Crippen LogP contribution in [0.25, 0.3) is 6.08 Å². The molecule has 0 spiro atoms. The SMILES string of the molecule is CCOc1cc(/C=C2\C(=O)NC(=O)N(C3CCCC3)C2=O)c(Br)cc1OCc1ccc(Br)cc1. The zero-order valence-electron chi connectivity index (χ0n) is 18.6. The van der Waals surface area contributed by atoms with Gasteiger partial charge in [-0.1, -0.05) is 56.8 Å². The summed E-state index contributed by atoms with van der Waals surface area (Å²) in [6.07, 6.45) is 4.91. The molecule has 0 unspecified atom stereocenters. The fraction of sp³-hybridized carbons (Fsp3) is 0.320. The van der Waals surface area contributed by atoms with Crippen LogP contribution in [0.1, 0.15) is 43.7 Å². The van der Waals surface area contributed by atoms with Crippen LogP contribution in [0.15, 0.2) is 50.9 Å². The molecule has 1 heterocycles. The van der Waals surface area contributed by atoms with Crippen LogP contribution in [0, 0.1) is 0 Å². The van der Waals surface area contributed by atoms with Gasteiger partial charge in [0.15, 0.2) is 11.5 Å². The Morgan fingerprint density at radius 3 is 2.38 bits per heavy atom. The Morgan fingerprint density at radius 2 is 1.71 bits per heavy atom. The van der Waals surface area contributed by atoms with E-state index < -0.39 is 17.8 Å². The normalized spacial score (nSPS) is 17.9.